The van der Waals surface area contributed by atoms with Gasteiger partial charge in [-0.2, -0.15) is 4.31 Å². The van der Waals surface area contributed by atoms with Gasteiger partial charge in [-0.1, -0.05) is 24.3 Å². The number of halogens is 1. The quantitative estimate of drug-likeness (QED) is 0.706. The monoisotopic (exact) mass is 474 g/mol. The summed E-state index contributed by atoms with van der Waals surface area (Å²) in [6.45, 7) is 3.04. The number of rotatable bonds is 5. The van der Waals surface area contributed by atoms with E-state index in [1.165, 1.54) is 18.2 Å². The van der Waals surface area contributed by atoms with Crippen LogP contribution in [0.2, 0.25) is 0 Å². The Morgan fingerprint density at radius 2 is 1.82 bits per heavy atom. The molecule has 2 aromatic carbocycles. The van der Waals surface area contributed by atoms with Gasteiger partial charge in [-0.15, -0.1) is 0 Å². The van der Waals surface area contributed by atoms with Crippen molar-refractivity contribution in [3.8, 4) is 0 Å². The van der Waals surface area contributed by atoms with Gasteiger partial charge < -0.3 is 10.2 Å². The summed E-state index contributed by atoms with van der Waals surface area (Å²) >= 11 is 0. The van der Waals surface area contributed by atoms with Crippen molar-refractivity contribution in [3.63, 3.8) is 0 Å². The maximum absolute atomic E-state index is 14.0. The summed E-state index contributed by atoms with van der Waals surface area (Å²) in [6.07, 6.45) is 0.737. The Morgan fingerprint density at radius 1 is 1.00 bits per heavy atom. The third-order valence-electron chi connectivity index (χ3n) is 5.95. The zero-order valence-corrected chi connectivity index (χ0v) is 19.1. The first-order valence-electron chi connectivity index (χ1n) is 11.0. The molecule has 0 radical (unpaired) electrons. The van der Waals surface area contributed by atoms with Crippen molar-refractivity contribution in [2.75, 3.05) is 45.8 Å². The van der Waals surface area contributed by atoms with E-state index in [9.17, 15) is 22.4 Å². The van der Waals surface area contributed by atoms with Gasteiger partial charge in [-0.05, 0) is 30.7 Å². The van der Waals surface area contributed by atoms with Gasteiger partial charge >= 0.3 is 0 Å². The van der Waals surface area contributed by atoms with E-state index in [-0.39, 0.29) is 42.2 Å². The minimum Gasteiger partial charge on any atom is -0.354 e. The summed E-state index contributed by atoms with van der Waals surface area (Å²) in [4.78, 5) is 28.6. The average Bonchev–Trinajstić information content (AvgIpc) is 3.06. The van der Waals surface area contributed by atoms with E-state index in [2.05, 4.69) is 10.2 Å². The Bertz CT molecular complexity index is 1140. The van der Waals surface area contributed by atoms with E-state index in [0.717, 1.165) is 17.3 Å². The minimum absolute atomic E-state index is 0.000878. The molecule has 0 atom stereocenters. The summed E-state index contributed by atoms with van der Waals surface area (Å²) in [5.41, 5.74) is 0.918. The molecule has 0 aromatic heterocycles. The number of sulfonamides is 1. The first kappa shape index (κ1) is 23.3. The molecule has 2 amide bonds. The minimum atomic E-state index is -3.88. The zero-order valence-electron chi connectivity index (χ0n) is 18.2. The molecular formula is C23H27FN4O4S. The van der Waals surface area contributed by atoms with Gasteiger partial charge in [0.25, 0.3) is 5.91 Å². The van der Waals surface area contributed by atoms with Crippen LogP contribution in [-0.4, -0.2) is 80.2 Å². The lowest BCUT2D eigenvalue weighted by atomic mass is 10.2. The molecule has 176 valence electrons. The lowest BCUT2D eigenvalue weighted by Crippen LogP contribution is -2.49. The molecule has 1 N–H and O–H groups in total. The normalized spacial score (nSPS) is 18.6. The Labute approximate surface area is 193 Å². The average molecular weight is 475 g/mol. The van der Waals surface area contributed by atoms with Crippen molar-refractivity contribution in [3.05, 3.63) is 65.5 Å². The van der Waals surface area contributed by atoms with Crippen LogP contribution >= 0.6 is 0 Å². The van der Waals surface area contributed by atoms with E-state index in [1.54, 1.807) is 29.2 Å². The number of piperazine rings is 1. The van der Waals surface area contributed by atoms with Crippen LogP contribution in [0.25, 0.3) is 0 Å². The summed E-state index contributed by atoms with van der Waals surface area (Å²) in [5.74, 6) is -0.823. The Morgan fingerprint density at radius 3 is 2.61 bits per heavy atom. The number of benzene rings is 2. The van der Waals surface area contributed by atoms with Gasteiger partial charge in [0.1, 0.15) is 5.82 Å². The molecule has 0 saturated carbocycles. The summed E-state index contributed by atoms with van der Waals surface area (Å²) in [5, 5.41) is 2.61. The van der Waals surface area contributed by atoms with Crippen LogP contribution in [0.3, 0.4) is 0 Å². The van der Waals surface area contributed by atoms with Gasteiger partial charge in [0.05, 0.1) is 11.4 Å². The maximum Gasteiger partial charge on any atom is 0.253 e. The van der Waals surface area contributed by atoms with E-state index in [1.807, 2.05) is 6.07 Å². The van der Waals surface area contributed by atoms with E-state index in [0.29, 0.717) is 37.3 Å². The fraction of sp³-hybridized carbons (Fsp3) is 0.391. The van der Waals surface area contributed by atoms with Crippen LogP contribution in [0.15, 0.2) is 53.4 Å². The fourth-order valence-electron chi connectivity index (χ4n) is 4.14. The lowest BCUT2D eigenvalue weighted by Gasteiger charge is -2.26. The molecule has 0 unspecified atom stereocenters. The first-order chi connectivity index (χ1) is 15.8. The molecule has 2 aromatic rings. The van der Waals surface area contributed by atoms with Crippen LogP contribution in [-0.2, 0) is 21.4 Å². The van der Waals surface area contributed by atoms with Gasteiger partial charge in [0.15, 0.2) is 0 Å². The van der Waals surface area contributed by atoms with Gasteiger partial charge in [-0.25, -0.2) is 12.8 Å². The van der Waals surface area contributed by atoms with Gasteiger partial charge in [0.2, 0.25) is 15.9 Å². The predicted octanol–water partition coefficient (Wildman–Crippen LogP) is 1.29. The molecule has 0 aliphatic carbocycles. The number of nitrogens with zero attached hydrogens (tertiary/aromatic N) is 3. The highest BCUT2D eigenvalue weighted by Crippen LogP contribution is 2.20. The van der Waals surface area contributed by atoms with E-state index in [4.69, 9.17) is 0 Å². The van der Waals surface area contributed by atoms with Crippen molar-refractivity contribution >= 4 is 21.8 Å². The van der Waals surface area contributed by atoms with Crippen molar-refractivity contribution < 1.29 is 22.4 Å². The van der Waals surface area contributed by atoms with Crippen LogP contribution in [0.5, 0.6) is 0 Å². The molecule has 2 fully saturated rings. The third-order valence-corrected chi connectivity index (χ3v) is 7.79. The molecule has 0 bridgehead atoms. The standard InChI is InChI=1S/C23H27FN4O4S/c24-21-8-2-1-5-19(21)16-26-10-4-11-27(14-13-26)23(30)18-6-3-7-20(15-18)33(31,32)28-12-9-25-22(29)17-28/h1-3,5-8,15H,4,9-14,16-17H2,(H,25,29). The van der Waals surface area contributed by atoms with Crippen molar-refractivity contribution in [1.82, 2.24) is 19.4 Å². The second kappa shape index (κ2) is 9.98. The van der Waals surface area contributed by atoms with Crippen molar-refractivity contribution in [1.29, 1.82) is 0 Å². The van der Waals surface area contributed by atoms with Crippen LogP contribution < -0.4 is 5.32 Å². The fourth-order valence-corrected chi connectivity index (χ4v) is 5.58. The Balaban J connectivity index is 1.44. The van der Waals surface area contributed by atoms with Crippen LogP contribution in [0.4, 0.5) is 4.39 Å². The van der Waals surface area contributed by atoms with Crippen LogP contribution in [0, 0.1) is 5.82 Å². The number of hydrogen-bond acceptors (Lipinski definition) is 5. The van der Waals surface area contributed by atoms with E-state index < -0.39 is 10.0 Å². The maximum atomic E-state index is 14.0. The number of carbonyl (C=O) groups is 2. The lowest BCUT2D eigenvalue weighted by molar-refractivity contribution is -0.122. The molecular weight excluding hydrogens is 447 g/mol. The van der Waals surface area contributed by atoms with Gasteiger partial charge in [-0.3, -0.25) is 14.5 Å². The summed E-state index contributed by atoms with van der Waals surface area (Å²) in [7, 11) is -3.88. The summed E-state index contributed by atoms with van der Waals surface area (Å²) in [6, 6.07) is 12.7. The molecule has 4 rings (SSSR count). The molecule has 2 aliphatic heterocycles. The molecule has 10 heteroatoms. The predicted molar refractivity (Wildman–Crippen MR) is 120 cm³/mol. The second-order valence-electron chi connectivity index (χ2n) is 8.23. The molecule has 0 spiro atoms. The second-order valence-corrected chi connectivity index (χ2v) is 10.2. The largest absolute Gasteiger partial charge is 0.354 e. The smallest absolute Gasteiger partial charge is 0.253 e. The van der Waals surface area contributed by atoms with Crippen molar-refractivity contribution in [2.45, 2.75) is 17.9 Å². The molecule has 8 nitrogen and oxygen atoms in total. The highest BCUT2D eigenvalue weighted by molar-refractivity contribution is 7.89. The molecule has 2 heterocycles. The number of nitrogens with one attached hydrogen (secondary N) is 1. The highest BCUT2D eigenvalue weighted by atomic mass is 32.2. The summed E-state index contributed by atoms with van der Waals surface area (Å²) < 4.78 is 41.1. The van der Waals surface area contributed by atoms with Crippen LogP contribution in [0.1, 0.15) is 22.3 Å². The number of carbonyl (C=O) groups excluding carboxylic acids is 2. The van der Waals surface area contributed by atoms with Gasteiger partial charge in [0, 0.05) is 56.9 Å². The molecule has 2 saturated heterocycles. The molecule has 2 aliphatic rings. The first-order valence-corrected chi connectivity index (χ1v) is 12.4. The Hall–Kier alpha value is -2.82. The Kier molecular flexibility index (Phi) is 7.06. The third kappa shape index (κ3) is 5.40. The zero-order chi connectivity index (χ0) is 23.4. The molecule has 33 heavy (non-hydrogen) atoms. The van der Waals surface area contributed by atoms with Crippen molar-refractivity contribution in [2.24, 2.45) is 0 Å². The highest BCUT2D eigenvalue weighted by Gasteiger charge is 2.30. The number of hydrogen-bond donors (Lipinski definition) is 1. The topological polar surface area (TPSA) is 90.0 Å². The number of amides is 2. The van der Waals surface area contributed by atoms with E-state index >= 15 is 0 Å². The SMILES string of the molecule is O=C1CN(S(=O)(=O)c2cccc(C(=O)N3CCCN(Cc4ccccc4F)CC3)c2)CCN1.